The fourth-order valence-electron chi connectivity index (χ4n) is 5.45. The van der Waals surface area contributed by atoms with Crippen LogP contribution in [0.1, 0.15) is 54.4 Å². The molecule has 2 heteroatoms. The third-order valence-electron chi connectivity index (χ3n) is 5.76. The fourth-order valence-corrected chi connectivity index (χ4v) is 5.45. The van der Waals surface area contributed by atoms with Gasteiger partial charge in [-0.1, -0.05) is 12.1 Å². The van der Waals surface area contributed by atoms with Gasteiger partial charge < -0.3 is 5.11 Å². The van der Waals surface area contributed by atoms with Crippen molar-refractivity contribution in [1.29, 1.82) is 0 Å². The number of hydrogen-bond acceptors (Lipinski definition) is 1. The molecule has 0 radical (unpaired) electrons. The van der Waals surface area contributed by atoms with Crippen LogP contribution in [0, 0.1) is 17.8 Å². The lowest BCUT2D eigenvalue weighted by Gasteiger charge is -2.57. The Morgan fingerprint density at radius 3 is 2.16 bits per heavy atom. The Bertz CT molecular complexity index is 497. The predicted molar refractivity (Wildman–Crippen MR) is 73.3 cm³/mol. The molecule has 100 valence electrons. The molecule has 0 atom stereocenters. The van der Waals surface area contributed by atoms with Crippen molar-refractivity contribution in [2.24, 2.45) is 17.8 Å². The number of benzene rings is 1. The molecule has 0 heterocycles. The van der Waals surface area contributed by atoms with Gasteiger partial charge in [0.05, 0.1) is 5.56 Å². The zero-order valence-electron chi connectivity index (χ0n) is 11.1. The van der Waals surface area contributed by atoms with Crippen LogP contribution in [0.4, 0.5) is 0 Å². The van der Waals surface area contributed by atoms with Crippen LogP contribution < -0.4 is 0 Å². The van der Waals surface area contributed by atoms with Crippen LogP contribution in [-0.4, -0.2) is 11.1 Å². The van der Waals surface area contributed by atoms with Gasteiger partial charge in [0, 0.05) is 0 Å². The van der Waals surface area contributed by atoms with Crippen molar-refractivity contribution < 1.29 is 9.90 Å². The Labute approximate surface area is 113 Å². The van der Waals surface area contributed by atoms with E-state index < -0.39 is 5.97 Å². The molecule has 2 nitrogen and oxygen atoms in total. The lowest BCUT2D eigenvalue weighted by Crippen LogP contribution is -2.48. The summed E-state index contributed by atoms with van der Waals surface area (Å²) in [7, 11) is 0. The highest BCUT2D eigenvalue weighted by Crippen LogP contribution is 2.60. The summed E-state index contributed by atoms with van der Waals surface area (Å²) in [6, 6.07) is 7.75. The molecule has 4 fully saturated rings. The molecule has 0 aliphatic heterocycles. The average Bonchev–Trinajstić information content (AvgIpc) is 2.37. The SMILES string of the molecule is O=C(O)c1cccc(C23CC4CC(CC(C4)C2)C3)c1. The lowest BCUT2D eigenvalue weighted by molar-refractivity contribution is -0.00521. The number of rotatable bonds is 2. The van der Waals surface area contributed by atoms with Gasteiger partial charge in [0.25, 0.3) is 0 Å². The summed E-state index contributed by atoms with van der Waals surface area (Å²) in [6.07, 6.45) is 8.17. The van der Waals surface area contributed by atoms with Gasteiger partial charge in [-0.05, 0) is 79.4 Å². The van der Waals surface area contributed by atoms with Crippen LogP contribution in [0.25, 0.3) is 0 Å². The Balaban J connectivity index is 1.75. The summed E-state index contributed by atoms with van der Waals surface area (Å²) in [4.78, 5) is 11.2. The average molecular weight is 256 g/mol. The van der Waals surface area contributed by atoms with E-state index in [1.807, 2.05) is 12.1 Å². The van der Waals surface area contributed by atoms with E-state index in [9.17, 15) is 9.90 Å². The normalized spacial score (nSPS) is 39.5. The molecule has 5 rings (SSSR count). The van der Waals surface area contributed by atoms with Gasteiger partial charge in [0.2, 0.25) is 0 Å². The predicted octanol–water partition coefficient (Wildman–Crippen LogP) is 3.85. The molecule has 19 heavy (non-hydrogen) atoms. The third-order valence-corrected chi connectivity index (χ3v) is 5.76. The summed E-state index contributed by atoms with van der Waals surface area (Å²) in [5, 5.41) is 9.19. The molecular weight excluding hydrogens is 236 g/mol. The number of carboxylic acids is 1. The van der Waals surface area contributed by atoms with Crippen LogP contribution in [0.5, 0.6) is 0 Å². The standard InChI is InChI=1S/C17H20O2/c18-16(19)14-2-1-3-15(7-14)17-8-11-4-12(9-17)6-13(5-11)10-17/h1-3,7,11-13H,4-6,8-10H2,(H,18,19). The van der Waals surface area contributed by atoms with Crippen LogP contribution in [0.3, 0.4) is 0 Å². The highest BCUT2D eigenvalue weighted by atomic mass is 16.4. The van der Waals surface area contributed by atoms with Crippen LogP contribution in [0.2, 0.25) is 0 Å². The van der Waals surface area contributed by atoms with Gasteiger partial charge >= 0.3 is 5.97 Å². The van der Waals surface area contributed by atoms with E-state index in [1.165, 1.54) is 44.1 Å². The molecule has 1 N–H and O–H groups in total. The van der Waals surface area contributed by atoms with E-state index in [1.54, 1.807) is 6.07 Å². The van der Waals surface area contributed by atoms with Crippen molar-refractivity contribution in [3.8, 4) is 0 Å². The Kier molecular flexibility index (Phi) is 2.33. The van der Waals surface area contributed by atoms with Crippen molar-refractivity contribution in [2.45, 2.75) is 43.9 Å². The van der Waals surface area contributed by atoms with Crippen molar-refractivity contribution >= 4 is 5.97 Å². The molecule has 0 amide bonds. The van der Waals surface area contributed by atoms with Crippen LogP contribution in [-0.2, 0) is 5.41 Å². The number of carboxylic acid groups (broad SMARTS) is 1. The molecular formula is C17H20O2. The second kappa shape index (κ2) is 3.84. The highest BCUT2D eigenvalue weighted by Gasteiger charge is 2.51. The minimum atomic E-state index is -0.799. The monoisotopic (exact) mass is 256 g/mol. The van der Waals surface area contributed by atoms with Crippen molar-refractivity contribution in [1.82, 2.24) is 0 Å². The molecule has 4 aliphatic carbocycles. The third kappa shape index (κ3) is 1.73. The molecule has 4 bridgehead atoms. The fraction of sp³-hybridized carbons (Fsp3) is 0.588. The summed E-state index contributed by atoms with van der Waals surface area (Å²) >= 11 is 0. The van der Waals surface area contributed by atoms with Gasteiger partial charge in [0.1, 0.15) is 0 Å². The Morgan fingerprint density at radius 2 is 1.63 bits per heavy atom. The Morgan fingerprint density at radius 1 is 1.05 bits per heavy atom. The van der Waals surface area contributed by atoms with E-state index in [-0.39, 0.29) is 0 Å². The largest absolute Gasteiger partial charge is 0.478 e. The van der Waals surface area contributed by atoms with Crippen LogP contribution >= 0.6 is 0 Å². The summed E-state index contributed by atoms with van der Waals surface area (Å²) < 4.78 is 0. The van der Waals surface area contributed by atoms with Crippen molar-refractivity contribution in [3.63, 3.8) is 0 Å². The topological polar surface area (TPSA) is 37.3 Å². The maximum Gasteiger partial charge on any atom is 0.335 e. The smallest absolute Gasteiger partial charge is 0.335 e. The van der Waals surface area contributed by atoms with Crippen LogP contribution in [0.15, 0.2) is 24.3 Å². The minimum absolute atomic E-state index is 0.306. The molecule has 0 saturated heterocycles. The zero-order chi connectivity index (χ0) is 13.0. The number of hydrogen-bond donors (Lipinski definition) is 1. The molecule has 4 aliphatic rings. The molecule has 0 spiro atoms. The first kappa shape index (κ1) is 11.5. The van der Waals surface area contributed by atoms with Crippen molar-refractivity contribution in [2.75, 3.05) is 0 Å². The van der Waals surface area contributed by atoms with E-state index in [0.29, 0.717) is 11.0 Å². The van der Waals surface area contributed by atoms with E-state index in [0.717, 1.165) is 17.8 Å². The van der Waals surface area contributed by atoms with Crippen molar-refractivity contribution in [3.05, 3.63) is 35.4 Å². The summed E-state index contributed by atoms with van der Waals surface area (Å²) in [5.74, 6) is 1.91. The molecule has 1 aromatic carbocycles. The number of aromatic carboxylic acids is 1. The maximum atomic E-state index is 11.2. The molecule has 0 unspecified atom stereocenters. The Hall–Kier alpha value is -1.31. The van der Waals surface area contributed by atoms with E-state index in [4.69, 9.17) is 0 Å². The summed E-state index contributed by atoms with van der Waals surface area (Å²) in [5.41, 5.74) is 2.06. The maximum absolute atomic E-state index is 11.2. The second-order valence-electron chi connectivity index (χ2n) is 7.08. The summed E-state index contributed by atoms with van der Waals surface area (Å²) in [6.45, 7) is 0. The van der Waals surface area contributed by atoms with E-state index in [2.05, 4.69) is 6.07 Å². The lowest BCUT2D eigenvalue weighted by atomic mass is 9.48. The first-order chi connectivity index (χ1) is 9.14. The highest BCUT2D eigenvalue weighted by molar-refractivity contribution is 5.87. The first-order valence-corrected chi connectivity index (χ1v) is 7.48. The first-order valence-electron chi connectivity index (χ1n) is 7.48. The number of carbonyl (C=O) groups is 1. The minimum Gasteiger partial charge on any atom is -0.478 e. The molecule has 1 aromatic rings. The molecule has 0 aromatic heterocycles. The van der Waals surface area contributed by atoms with E-state index >= 15 is 0 Å². The molecule has 4 saturated carbocycles. The second-order valence-corrected chi connectivity index (χ2v) is 7.08. The van der Waals surface area contributed by atoms with Gasteiger partial charge in [0.15, 0.2) is 0 Å². The van der Waals surface area contributed by atoms with Gasteiger partial charge in [-0.2, -0.15) is 0 Å². The van der Waals surface area contributed by atoms with Gasteiger partial charge in [-0.25, -0.2) is 4.79 Å². The zero-order valence-corrected chi connectivity index (χ0v) is 11.1. The van der Waals surface area contributed by atoms with Gasteiger partial charge in [-0.15, -0.1) is 0 Å². The van der Waals surface area contributed by atoms with Gasteiger partial charge in [-0.3, -0.25) is 0 Å². The quantitative estimate of drug-likeness (QED) is 0.872.